The number of hydrogen-bond acceptors (Lipinski definition) is 2. The van der Waals surface area contributed by atoms with Gasteiger partial charge >= 0.3 is 0 Å². The summed E-state index contributed by atoms with van der Waals surface area (Å²) >= 11 is 0. The Morgan fingerprint density at radius 3 is 2.86 bits per heavy atom. The van der Waals surface area contributed by atoms with Crippen LogP contribution in [0.1, 0.15) is 18.9 Å². The van der Waals surface area contributed by atoms with E-state index >= 15 is 0 Å². The smallest absolute Gasteiger partial charge is 0.0317 e. The first-order valence-corrected chi connectivity index (χ1v) is 5.34. The molecule has 1 saturated heterocycles. The van der Waals surface area contributed by atoms with Gasteiger partial charge < -0.3 is 5.73 Å². The molecule has 76 valence electrons. The summed E-state index contributed by atoms with van der Waals surface area (Å²) in [6, 6.07) is 8.19. The quantitative estimate of drug-likeness (QED) is 0.740. The van der Waals surface area contributed by atoms with Crippen molar-refractivity contribution in [3.63, 3.8) is 0 Å². The monoisotopic (exact) mass is 190 g/mol. The summed E-state index contributed by atoms with van der Waals surface area (Å²) in [6.07, 6.45) is 1.31. The largest absolute Gasteiger partial charge is 0.399 e. The van der Waals surface area contributed by atoms with Crippen LogP contribution in [-0.4, -0.2) is 18.0 Å². The summed E-state index contributed by atoms with van der Waals surface area (Å²) in [5.41, 5.74) is 7.93. The van der Waals surface area contributed by atoms with Crippen molar-refractivity contribution < 1.29 is 0 Å². The number of nitrogens with two attached hydrogens (primary N) is 1. The lowest BCUT2D eigenvalue weighted by Crippen LogP contribution is -2.45. The molecular weight excluding hydrogens is 172 g/mol. The first-order valence-electron chi connectivity index (χ1n) is 5.34. The van der Waals surface area contributed by atoms with Gasteiger partial charge in [0.05, 0.1) is 0 Å². The molecule has 2 nitrogen and oxygen atoms in total. The molecule has 0 bridgehead atoms. The average molecular weight is 190 g/mol. The molecule has 1 aliphatic heterocycles. The summed E-state index contributed by atoms with van der Waals surface area (Å²) in [6.45, 7) is 5.83. The van der Waals surface area contributed by atoms with E-state index in [1.165, 1.54) is 25.1 Å². The molecule has 0 unspecified atom stereocenters. The Morgan fingerprint density at radius 2 is 2.21 bits per heavy atom. The molecule has 0 amide bonds. The van der Waals surface area contributed by atoms with E-state index in [4.69, 9.17) is 5.73 Å². The van der Waals surface area contributed by atoms with Gasteiger partial charge in [0, 0.05) is 25.3 Å². The predicted octanol–water partition coefficient (Wildman–Crippen LogP) is 2.11. The van der Waals surface area contributed by atoms with E-state index in [1.54, 1.807) is 0 Å². The highest BCUT2D eigenvalue weighted by Gasteiger charge is 2.24. The number of hydrogen-bond donors (Lipinski definition) is 1. The van der Waals surface area contributed by atoms with E-state index in [-0.39, 0.29) is 0 Å². The van der Waals surface area contributed by atoms with Crippen molar-refractivity contribution in [3.05, 3.63) is 29.8 Å². The number of anilines is 1. The van der Waals surface area contributed by atoms with E-state index in [0.717, 1.165) is 18.2 Å². The maximum atomic E-state index is 5.73. The van der Waals surface area contributed by atoms with Gasteiger partial charge in [-0.15, -0.1) is 0 Å². The van der Waals surface area contributed by atoms with Gasteiger partial charge in [-0.1, -0.05) is 25.5 Å². The van der Waals surface area contributed by atoms with Crippen molar-refractivity contribution in [1.29, 1.82) is 0 Å². The molecule has 0 spiro atoms. The minimum absolute atomic E-state index is 0.870. The molecule has 0 radical (unpaired) electrons. The fourth-order valence-electron chi connectivity index (χ4n) is 2.01. The number of rotatable bonds is 3. The zero-order valence-corrected chi connectivity index (χ0v) is 8.74. The molecule has 1 aromatic carbocycles. The number of benzene rings is 1. The Hall–Kier alpha value is -1.02. The second-order valence-corrected chi connectivity index (χ2v) is 4.21. The Balaban J connectivity index is 1.87. The molecule has 14 heavy (non-hydrogen) atoms. The highest BCUT2D eigenvalue weighted by Crippen LogP contribution is 2.21. The molecule has 0 aromatic heterocycles. The van der Waals surface area contributed by atoms with Crippen LogP contribution in [-0.2, 0) is 6.54 Å². The zero-order chi connectivity index (χ0) is 9.97. The Kier molecular flexibility index (Phi) is 2.73. The van der Waals surface area contributed by atoms with Crippen molar-refractivity contribution in [1.82, 2.24) is 4.90 Å². The SMILES string of the molecule is CCC1CN(Cc2cccc(N)c2)C1. The van der Waals surface area contributed by atoms with Crippen LogP contribution >= 0.6 is 0 Å². The van der Waals surface area contributed by atoms with Gasteiger partial charge in [-0.2, -0.15) is 0 Å². The van der Waals surface area contributed by atoms with E-state index in [2.05, 4.69) is 24.0 Å². The Bertz CT molecular complexity index is 303. The van der Waals surface area contributed by atoms with Crippen LogP contribution in [0.4, 0.5) is 5.69 Å². The summed E-state index contributed by atoms with van der Waals surface area (Å²) < 4.78 is 0. The standard InChI is InChI=1S/C12H18N2/c1-2-10-7-14(8-10)9-11-4-3-5-12(13)6-11/h3-6,10H,2,7-9,13H2,1H3. The molecule has 0 atom stereocenters. The molecule has 2 rings (SSSR count). The van der Waals surface area contributed by atoms with Crippen molar-refractivity contribution in [2.75, 3.05) is 18.8 Å². The third-order valence-electron chi connectivity index (χ3n) is 2.97. The van der Waals surface area contributed by atoms with Gasteiger partial charge in [-0.05, 0) is 23.6 Å². The first-order chi connectivity index (χ1) is 6.78. The number of likely N-dealkylation sites (tertiary alicyclic amines) is 1. The predicted molar refractivity (Wildman–Crippen MR) is 59.9 cm³/mol. The molecule has 1 heterocycles. The minimum atomic E-state index is 0.870. The van der Waals surface area contributed by atoms with Crippen molar-refractivity contribution in [2.45, 2.75) is 19.9 Å². The Morgan fingerprint density at radius 1 is 1.43 bits per heavy atom. The second kappa shape index (κ2) is 4.01. The maximum absolute atomic E-state index is 5.73. The molecule has 0 aliphatic carbocycles. The van der Waals surface area contributed by atoms with Crippen LogP contribution in [0.25, 0.3) is 0 Å². The van der Waals surface area contributed by atoms with Crippen LogP contribution in [0.5, 0.6) is 0 Å². The fraction of sp³-hybridized carbons (Fsp3) is 0.500. The summed E-state index contributed by atoms with van der Waals surface area (Å²) in [5, 5.41) is 0. The molecule has 2 heteroatoms. The van der Waals surface area contributed by atoms with Crippen LogP contribution in [0.3, 0.4) is 0 Å². The summed E-state index contributed by atoms with van der Waals surface area (Å²) in [5.74, 6) is 0.927. The normalized spacial score (nSPS) is 18.1. The van der Waals surface area contributed by atoms with Gasteiger partial charge in [0.15, 0.2) is 0 Å². The topological polar surface area (TPSA) is 29.3 Å². The van der Waals surface area contributed by atoms with E-state index in [1.807, 2.05) is 12.1 Å². The van der Waals surface area contributed by atoms with Crippen LogP contribution < -0.4 is 5.73 Å². The van der Waals surface area contributed by atoms with Gasteiger partial charge in [-0.3, -0.25) is 4.90 Å². The van der Waals surface area contributed by atoms with Gasteiger partial charge in [0.2, 0.25) is 0 Å². The summed E-state index contributed by atoms with van der Waals surface area (Å²) in [7, 11) is 0. The van der Waals surface area contributed by atoms with Crippen molar-refractivity contribution in [3.8, 4) is 0 Å². The lowest BCUT2D eigenvalue weighted by Gasteiger charge is -2.38. The Labute approximate surface area is 85.7 Å². The average Bonchev–Trinajstić information content (AvgIpc) is 2.10. The molecule has 1 aromatic rings. The number of nitrogens with zero attached hydrogens (tertiary/aromatic N) is 1. The maximum Gasteiger partial charge on any atom is 0.0317 e. The highest BCUT2D eigenvalue weighted by molar-refractivity contribution is 5.40. The molecular formula is C12H18N2. The van der Waals surface area contributed by atoms with E-state index in [9.17, 15) is 0 Å². The third kappa shape index (κ3) is 2.07. The molecule has 1 aliphatic rings. The van der Waals surface area contributed by atoms with Gasteiger partial charge in [0.25, 0.3) is 0 Å². The van der Waals surface area contributed by atoms with E-state index < -0.39 is 0 Å². The molecule has 0 saturated carbocycles. The fourth-order valence-corrected chi connectivity index (χ4v) is 2.01. The minimum Gasteiger partial charge on any atom is -0.399 e. The van der Waals surface area contributed by atoms with Crippen LogP contribution in [0.15, 0.2) is 24.3 Å². The lowest BCUT2D eigenvalue weighted by molar-refractivity contribution is 0.0899. The highest BCUT2D eigenvalue weighted by atomic mass is 15.2. The third-order valence-corrected chi connectivity index (χ3v) is 2.97. The van der Waals surface area contributed by atoms with Crippen LogP contribution in [0.2, 0.25) is 0 Å². The van der Waals surface area contributed by atoms with E-state index in [0.29, 0.717) is 0 Å². The van der Waals surface area contributed by atoms with Crippen molar-refractivity contribution in [2.24, 2.45) is 5.92 Å². The lowest BCUT2D eigenvalue weighted by atomic mass is 9.97. The number of nitrogen functional groups attached to an aromatic ring is 1. The molecule has 1 fully saturated rings. The zero-order valence-electron chi connectivity index (χ0n) is 8.74. The van der Waals surface area contributed by atoms with Gasteiger partial charge in [-0.25, -0.2) is 0 Å². The van der Waals surface area contributed by atoms with Gasteiger partial charge in [0.1, 0.15) is 0 Å². The summed E-state index contributed by atoms with van der Waals surface area (Å²) in [4.78, 5) is 2.48. The molecule has 2 N–H and O–H groups in total. The first kappa shape index (κ1) is 9.53. The second-order valence-electron chi connectivity index (χ2n) is 4.21. The van der Waals surface area contributed by atoms with Crippen molar-refractivity contribution >= 4 is 5.69 Å². The van der Waals surface area contributed by atoms with Crippen LogP contribution in [0, 0.1) is 5.92 Å².